The van der Waals surface area contributed by atoms with Gasteiger partial charge >= 0.3 is 0 Å². The number of benzene rings is 1. The van der Waals surface area contributed by atoms with Crippen LogP contribution >= 0.6 is 0 Å². The number of fused-ring (bicyclic) bond motifs is 1. The first-order chi connectivity index (χ1) is 19.7. The summed E-state index contributed by atoms with van der Waals surface area (Å²) >= 11 is 0. The molecular weight excluding hydrogens is 530 g/mol. The maximum absolute atomic E-state index is 13.3. The number of nitrogens with zero attached hydrogens (tertiary/aromatic N) is 3. The van der Waals surface area contributed by atoms with E-state index in [1.807, 2.05) is 18.2 Å². The van der Waals surface area contributed by atoms with Crippen LogP contribution in [0.2, 0.25) is 0 Å². The molecule has 1 aromatic carbocycles. The van der Waals surface area contributed by atoms with E-state index in [-0.39, 0.29) is 60.7 Å². The zero-order chi connectivity index (χ0) is 28.4. The fourth-order valence-corrected chi connectivity index (χ4v) is 7.03. The van der Waals surface area contributed by atoms with Gasteiger partial charge in [-0.15, -0.1) is 0 Å². The third-order valence-electron chi connectivity index (χ3n) is 9.91. The zero-order valence-electron chi connectivity index (χ0n) is 23.2. The molecule has 2 amide bonds. The molecule has 0 aliphatic heterocycles. The van der Waals surface area contributed by atoms with Crippen LogP contribution in [0.1, 0.15) is 110 Å². The molecule has 11 heteroatoms. The highest BCUT2D eigenvalue weighted by molar-refractivity contribution is 5.93. The Bertz CT molecular complexity index is 1460. The average molecular weight is 567 g/mol. The Morgan fingerprint density at radius 1 is 1.02 bits per heavy atom. The number of rotatable bonds is 9. The number of H-pyrrole nitrogens is 1. The van der Waals surface area contributed by atoms with Crippen molar-refractivity contribution in [2.45, 2.75) is 95.6 Å². The van der Waals surface area contributed by atoms with Gasteiger partial charge in [-0.05, 0) is 104 Å². The van der Waals surface area contributed by atoms with Crippen molar-refractivity contribution in [3.05, 3.63) is 41.0 Å². The van der Waals surface area contributed by atoms with Gasteiger partial charge in [0.05, 0.1) is 23.1 Å². The molecule has 9 nitrogen and oxygen atoms in total. The first-order valence-electron chi connectivity index (χ1n) is 14.9. The predicted molar refractivity (Wildman–Crippen MR) is 145 cm³/mol. The number of nitrogens with one attached hydrogen (secondary N) is 3. The van der Waals surface area contributed by atoms with Gasteiger partial charge in [0.15, 0.2) is 5.69 Å². The lowest BCUT2D eigenvalue weighted by Crippen LogP contribution is -2.39. The standard InChI is InChI=1S/C30H36F2N6O3/c1-16-24(38-41-37-16)28(40)36-26(19-6-8-29(9-7-19)10-11-29)27-33-21-5-4-20(13-22(21)34-27)25(18-2-3-18)35-23(39)12-17-14-30(31,32)15-17/h4-5,13,17-19,25-26H,2-3,6-12,14-15H2,1H3,(H,33,34)(H,35,39)(H,36,40)/t25-,26+/m1/s1. The summed E-state index contributed by atoms with van der Waals surface area (Å²) in [4.78, 5) is 34.3. The molecule has 4 aliphatic carbocycles. The second-order valence-corrected chi connectivity index (χ2v) is 13.1. The molecule has 4 aliphatic rings. The smallest absolute Gasteiger partial charge is 0.276 e. The Morgan fingerprint density at radius 3 is 2.39 bits per heavy atom. The van der Waals surface area contributed by atoms with E-state index in [0.29, 0.717) is 22.9 Å². The van der Waals surface area contributed by atoms with Crippen molar-refractivity contribution < 1.29 is 23.0 Å². The molecule has 0 saturated heterocycles. The van der Waals surface area contributed by atoms with Crippen LogP contribution in [0.15, 0.2) is 22.8 Å². The van der Waals surface area contributed by atoms with Crippen molar-refractivity contribution in [1.82, 2.24) is 30.9 Å². The SMILES string of the molecule is Cc1nonc1C(=O)N[C@H](c1nc2ccc([C@H](NC(=O)CC3CC(F)(F)C3)C3CC3)cc2[nH]1)C1CCC2(CC1)CC2. The summed E-state index contributed by atoms with van der Waals surface area (Å²) < 4.78 is 31.3. The van der Waals surface area contributed by atoms with E-state index in [1.165, 1.54) is 25.7 Å². The van der Waals surface area contributed by atoms with Crippen molar-refractivity contribution in [2.75, 3.05) is 0 Å². The van der Waals surface area contributed by atoms with Crippen LogP contribution < -0.4 is 10.6 Å². The van der Waals surface area contributed by atoms with Gasteiger partial charge in [-0.3, -0.25) is 9.59 Å². The molecule has 41 heavy (non-hydrogen) atoms. The van der Waals surface area contributed by atoms with Gasteiger partial charge in [-0.25, -0.2) is 18.4 Å². The van der Waals surface area contributed by atoms with Crippen LogP contribution in [0.3, 0.4) is 0 Å². The molecule has 3 aromatic rings. The van der Waals surface area contributed by atoms with Gasteiger partial charge < -0.3 is 15.6 Å². The number of alkyl halides is 2. The van der Waals surface area contributed by atoms with E-state index in [1.54, 1.807) is 6.92 Å². The molecule has 4 saturated carbocycles. The average Bonchev–Trinajstić information content (AvgIpc) is 3.82. The molecule has 7 rings (SSSR count). The number of aromatic amines is 1. The normalized spacial score (nSPS) is 24.5. The number of hydrogen-bond acceptors (Lipinski definition) is 6. The molecule has 4 fully saturated rings. The first kappa shape index (κ1) is 26.5. The predicted octanol–water partition coefficient (Wildman–Crippen LogP) is 5.70. The highest BCUT2D eigenvalue weighted by Gasteiger charge is 2.47. The maximum Gasteiger partial charge on any atom is 0.276 e. The number of aromatic nitrogens is 4. The number of carbonyl (C=O) groups excluding carboxylic acids is 2. The lowest BCUT2D eigenvalue weighted by molar-refractivity contribution is -0.134. The molecule has 218 valence electrons. The van der Waals surface area contributed by atoms with E-state index < -0.39 is 5.92 Å². The minimum Gasteiger partial charge on any atom is -0.349 e. The molecule has 2 heterocycles. The molecule has 3 N–H and O–H groups in total. The fraction of sp³-hybridized carbons (Fsp3) is 0.633. The lowest BCUT2D eigenvalue weighted by atomic mass is 9.76. The minimum absolute atomic E-state index is 0.139. The number of aryl methyl sites for hydroxylation is 1. The Kier molecular flexibility index (Phi) is 6.39. The third kappa shape index (κ3) is 5.47. The van der Waals surface area contributed by atoms with Gasteiger partial charge in [0.1, 0.15) is 11.5 Å². The second kappa shape index (κ2) is 9.87. The number of imidazole rings is 1. The third-order valence-corrected chi connectivity index (χ3v) is 9.91. The van der Waals surface area contributed by atoms with Gasteiger partial charge in [-0.2, -0.15) is 0 Å². The topological polar surface area (TPSA) is 126 Å². The zero-order valence-corrected chi connectivity index (χ0v) is 23.2. The monoisotopic (exact) mass is 566 g/mol. The van der Waals surface area contributed by atoms with Crippen molar-refractivity contribution in [3.63, 3.8) is 0 Å². The Hall–Kier alpha value is -3.37. The second-order valence-electron chi connectivity index (χ2n) is 13.1. The number of amides is 2. The summed E-state index contributed by atoms with van der Waals surface area (Å²) in [6, 6.07) is 5.49. The van der Waals surface area contributed by atoms with Crippen LogP contribution in [-0.2, 0) is 4.79 Å². The van der Waals surface area contributed by atoms with Crippen LogP contribution in [0.5, 0.6) is 0 Å². The van der Waals surface area contributed by atoms with Crippen LogP contribution in [-0.4, -0.2) is 38.0 Å². The molecule has 2 aromatic heterocycles. The van der Waals surface area contributed by atoms with Gasteiger partial charge in [0, 0.05) is 19.3 Å². The molecule has 0 bridgehead atoms. The van der Waals surface area contributed by atoms with Crippen molar-refractivity contribution in [1.29, 1.82) is 0 Å². The highest BCUT2D eigenvalue weighted by Crippen LogP contribution is 2.58. The van der Waals surface area contributed by atoms with Crippen LogP contribution in [0.25, 0.3) is 11.0 Å². The van der Waals surface area contributed by atoms with Gasteiger partial charge in [-0.1, -0.05) is 11.2 Å². The quantitative estimate of drug-likeness (QED) is 0.305. The maximum atomic E-state index is 13.3. The van der Waals surface area contributed by atoms with E-state index in [4.69, 9.17) is 9.61 Å². The largest absolute Gasteiger partial charge is 0.349 e. The molecule has 1 spiro atoms. The Balaban J connectivity index is 1.11. The summed E-state index contributed by atoms with van der Waals surface area (Å²) in [6.45, 7) is 1.69. The Labute approximate surface area is 236 Å². The lowest BCUT2D eigenvalue weighted by Gasteiger charge is -2.34. The Morgan fingerprint density at radius 2 is 1.76 bits per heavy atom. The minimum atomic E-state index is -2.62. The van der Waals surface area contributed by atoms with E-state index in [0.717, 1.165) is 42.3 Å². The molecule has 0 radical (unpaired) electrons. The van der Waals surface area contributed by atoms with E-state index in [2.05, 4.69) is 25.9 Å². The first-order valence-corrected chi connectivity index (χ1v) is 14.9. The van der Waals surface area contributed by atoms with E-state index in [9.17, 15) is 18.4 Å². The van der Waals surface area contributed by atoms with Crippen molar-refractivity contribution in [2.24, 2.45) is 23.2 Å². The number of halogens is 2. The summed E-state index contributed by atoms with van der Waals surface area (Å²) in [6.07, 6.45) is 8.75. The van der Waals surface area contributed by atoms with Crippen molar-refractivity contribution >= 4 is 22.8 Å². The number of carbonyl (C=O) groups is 2. The van der Waals surface area contributed by atoms with Gasteiger partial charge in [0.2, 0.25) is 11.8 Å². The summed E-state index contributed by atoms with van der Waals surface area (Å²) in [5.74, 6) is -2.09. The fourth-order valence-electron chi connectivity index (χ4n) is 7.03. The summed E-state index contributed by atoms with van der Waals surface area (Å²) in [5.41, 5.74) is 3.73. The van der Waals surface area contributed by atoms with Gasteiger partial charge in [0.25, 0.3) is 5.91 Å². The summed E-state index contributed by atoms with van der Waals surface area (Å²) in [7, 11) is 0. The van der Waals surface area contributed by atoms with Crippen LogP contribution in [0.4, 0.5) is 8.78 Å². The summed E-state index contributed by atoms with van der Waals surface area (Å²) in [5, 5.41) is 13.9. The number of hydrogen-bond donors (Lipinski definition) is 3. The van der Waals surface area contributed by atoms with Crippen LogP contribution in [0, 0.1) is 30.1 Å². The van der Waals surface area contributed by atoms with Crippen molar-refractivity contribution in [3.8, 4) is 0 Å². The molecule has 2 atom stereocenters. The van der Waals surface area contributed by atoms with E-state index >= 15 is 0 Å². The molecular formula is C30H36F2N6O3. The highest BCUT2D eigenvalue weighted by atomic mass is 19.3. The molecule has 0 unspecified atom stereocenters.